The lowest BCUT2D eigenvalue weighted by Gasteiger charge is -2.30. The first-order valence-electron chi connectivity index (χ1n) is 13.6. The highest BCUT2D eigenvalue weighted by Crippen LogP contribution is 2.40. The zero-order chi connectivity index (χ0) is 28.1. The molecule has 0 unspecified atom stereocenters. The van der Waals surface area contributed by atoms with E-state index in [-0.39, 0.29) is 21.7 Å². The molecule has 0 bridgehead atoms. The summed E-state index contributed by atoms with van der Waals surface area (Å²) in [6.45, 7) is 28.2. The van der Waals surface area contributed by atoms with E-state index in [1.165, 1.54) is 11.1 Å². The van der Waals surface area contributed by atoms with E-state index in [1.807, 2.05) is 0 Å². The van der Waals surface area contributed by atoms with Gasteiger partial charge in [0.2, 0.25) is 0 Å². The molecule has 37 heavy (non-hydrogen) atoms. The Hall–Kier alpha value is -2.62. The average Bonchev–Trinajstić information content (AvgIpc) is 3.14. The predicted octanol–water partition coefficient (Wildman–Crippen LogP) is 8.03. The molecule has 0 spiro atoms. The van der Waals surface area contributed by atoms with Gasteiger partial charge in [-0.25, -0.2) is 0 Å². The Kier molecular flexibility index (Phi) is 7.51. The van der Waals surface area contributed by atoms with Crippen LogP contribution >= 0.6 is 0 Å². The van der Waals surface area contributed by atoms with Gasteiger partial charge in [0.25, 0.3) is 0 Å². The van der Waals surface area contributed by atoms with E-state index in [9.17, 15) is 10.2 Å². The molecule has 2 N–H and O–H groups in total. The first-order valence-corrected chi connectivity index (χ1v) is 13.6. The zero-order valence-corrected chi connectivity index (χ0v) is 25.4. The molecule has 1 aliphatic heterocycles. The minimum Gasteiger partial charge on any atom is -0.507 e. The fourth-order valence-electron chi connectivity index (χ4n) is 4.80. The molecular formula is C33H50N2O2. The Morgan fingerprint density at radius 2 is 0.865 bits per heavy atom. The van der Waals surface area contributed by atoms with Gasteiger partial charge in [-0.05, 0) is 56.0 Å². The van der Waals surface area contributed by atoms with Crippen LogP contribution in [0.15, 0.2) is 36.7 Å². The Balaban J connectivity index is 1.87. The fraction of sp³-hybridized carbons (Fsp3) is 0.576. The molecule has 0 amide bonds. The van der Waals surface area contributed by atoms with Crippen molar-refractivity contribution in [1.82, 2.24) is 9.80 Å². The van der Waals surface area contributed by atoms with Crippen LogP contribution in [0.4, 0.5) is 0 Å². The molecule has 3 rings (SSSR count). The summed E-state index contributed by atoms with van der Waals surface area (Å²) in [5.41, 5.74) is 6.08. The van der Waals surface area contributed by atoms with Crippen LogP contribution < -0.4 is 0 Å². The third kappa shape index (κ3) is 6.64. The van der Waals surface area contributed by atoms with Crippen molar-refractivity contribution in [2.75, 3.05) is 6.67 Å². The number of phenolic OH excluding ortho intramolecular Hbond substituents is 2. The summed E-state index contributed by atoms with van der Waals surface area (Å²) in [6, 6.07) is 8.66. The number of hydrogen-bond donors (Lipinski definition) is 2. The summed E-state index contributed by atoms with van der Waals surface area (Å²) in [5.74, 6) is 0.801. The number of rotatable bonds is 4. The topological polar surface area (TPSA) is 46.9 Å². The lowest BCUT2D eigenvalue weighted by Crippen LogP contribution is -2.26. The predicted molar refractivity (Wildman–Crippen MR) is 156 cm³/mol. The summed E-state index contributed by atoms with van der Waals surface area (Å²) in [7, 11) is 0. The second-order valence-corrected chi connectivity index (χ2v) is 15.0. The van der Waals surface area contributed by atoms with Crippen LogP contribution in [0.2, 0.25) is 0 Å². The van der Waals surface area contributed by atoms with E-state index in [0.717, 1.165) is 22.3 Å². The van der Waals surface area contributed by atoms with Crippen molar-refractivity contribution in [1.29, 1.82) is 0 Å². The van der Waals surface area contributed by atoms with Gasteiger partial charge in [0.1, 0.15) is 11.5 Å². The summed E-state index contributed by atoms with van der Waals surface area (Å²) in [4.78, 5) is 4.45. The molecule has 204 valence electrons. The lowest BCUT2D eigenvalue weighted by molar-refractivity contribution is 0.249. The van der Waals surface area contributed by atoms with E-state index in [2.05, 4.69) is 130 Å². The standard InChI is InChI=1S/C33H50N2O2/c1-30(2,3)24-15-22(28(36)26(17-24)32(7,8)9)19-34-13-14-35(21-34)20-23-16-25(31(4,5)6)18-27(29(23)37)33(10,11)12/h13-18,36-37H,19-21H2,1-12H3. The van der Waals surface area contributed by atoms with Crippen molar-refractivity contribution in [2.24, 2.45) is 0 Å². The van der Waals surface area contributed by atoms with Crippen LogP contribution in [-0.2, 0) is 34.7 Å². The first-order chi connectivity index (χ1) is 16.7. The van der Waals surface area contributed by atoms with E-state index >= 15 is 0 Å². The Morgan fingerprint density at radius 3 is 1.14 bits per heavy atom. The molecule has 0 radical (unpaired) electrons. The highest BCUT2D eigenvalue weighted by atomic mass is 16.3. The molecular weight excluding hydrogens is 456 g/mol. The van der Waals surface area contributed by atoms with E-state index < -0.39 is 0 Å². The van der Waals surface area contributed by atoms with Crippen LogP contribution in [0.1, 0.15) is 116 Å². The van der Waals surface area contributed by atoms with Crippen LogP contribution in [0.3, 0.4) is 0 Å². The number of aromatic hydroxyl groups is 2. The van der Waals surface area contributed by atoms with Gasteiger partial charge in [-0.15, -0.1) is 0 Å². The van der Waals surface area contributed by atoms with Crippen molar-refractivity contribution in [3.8, 4) is 11.5 Å². The van der Waals surface area contributed by atoms with Crippen molar-refractivity contribution < 1.29 is 10.2 Å². The van der Waals surface area contributed by atoms with Crippen molar-refractivity contribution in [2.45, 2.75) is 118 Å². The molecule has 0 aliphatic carbocycles. The van der Waals surface area contributed by atoms with Gasteiger partial charge in [0, 0.05) is 36.6 Å². The maximum atomic E-state index is 11.2. The molecule has 0 aromatic heterocycles. The van der Waals surface area contributed by atoms with Gasteiger partial charge in [-0.2, -0.15) is 0 Å². The minimum absolute atomic E-state index is 0.00427. The van der Waals surface area contributed by atoms with E-state index in [4.69, 9.17) is 0 Å². The molecule has 0 saturated heterocycles. The SMILES string of the molecule is CC(C)(C)c1cc(CN2C=CN(Cc3cc(C(C)(C)C)cc(C(C)(C)C)c3O)C2)c(O)c(C(C)(C)C)c1. The van der Waals surface area contributed by atoms with E-state index in [1.54, 1.807) is 0 Å². The van der Waals surface area contributed by atoms with Gasteiger partial charge >= 0.3 is 0 Å². The van der Waals surface area contributed by atoms with E-state index in [0.29, 0.717) is 31.3 Å². The molecule has 1 heterocycles. The average molecular weight is 507 g/mol. The van der Waals surface area contributed by atoms with Crippen molar-refractivity contribution in [3.05, 3.63) is 70.0 Å². The van der Waals surface area contributed by atoms with Gasteiger partial charge < -0.3 is 20.0 Å². The van der Waals surface area contributed by atoms with Gasteiger partial charge in [0.05, 0.1) is 6.67 Å². The van der Waals surface area contributed by atoms with Crippen LogP contribution in [0.5, 0.6) is 11.5 Å². The smallest absolute Gasteiger partial charge is 0.124 e. The first kappa shape index (κ1) is 28.9. The Morgan fingerprint density at radius 1 is 0.541 bits per heavy atom. The molecule has 2 aromatic carbocycles. The van der Waals surface area contributed by atoms with Crippen molar-refractivity contribution in [3.63, 3.8) is 0 Å². The number of nitrogens with zero attached hydrogens (tertiary/aromatic N) is 2. The monoisotopic (exact) mass is 506 g/mol. The Labute approximate surface area is 226 Å². The normalized spacial score (nSPS) is 15.1. The largest absolute Gasteiger partial charge is 0.507 e. The van der Waals surface area contributed by atoms with Crippen LogP contribution in [-0.4, -0.2) is 26.7 Å². The highest BCUT2D eigenvalue weighted by molar-refractivity contribution is 5.50. The highest BCUT2D eigenvalue weighted by Gasteiger charge is 2.28. The van der Waals surface area contributed by atoms with Gasteiger partial charge in [-0.3, -0.25) is 0 Å². The van der Waals surface area contributed by atoms with Crippen LogP contribution in [0.25, 0.3) is 0 Å². The number of benzene rings is 2. The Bertz CT molecular complexity index is 1070. The molecule has 4 heteroatoms. The second-order valence-electron chi connectivity index (χ2n) is 15.0. The number of phenols is 2. The molecule has 1 aliphatic rings. The summed E-state index contributed by atoms with van der Waals surface area (Å²) >= 11 is 0. The van der Waals surface area contributed by atoms with Gasteiger partial charge in [0.15, 0.2) is 0 Å². The summed E-state index contributed by atoms with van der Waals surface area (Å²) in [6.07, 6.45) is 4.19. The third-order valence-corrected chi connectivity index (χ3v) is 7.32. The molecule has 0 fully saturated rings. The van der Waals surface area contributed by atoms with Crippen LogP contribution in [0, 0.1) is 0 Å². The molecule has 4 nitrogen and oxygen atoms in total. The zero-order valence-electron chi connectivity index (χ0n) is 25.4. The maximum Gasteiger partial charge on any atom is 0.124 e. The number of hydrogen-bond acceptors (Lipinski definition) is 4. The minimum atomic E-state index is -0.145. The quantitative estimate of drug-likeness (QED) is 0.440. The maximum absolute atomic E-state index is 11.2. The molecule has 0 atom stereocenters. The lowest BCUT2D eigenvalue weighted by atomic mass is 9.79. The fourth-order valence-corrected chi connectivity index (χ4v) is 4.80. The molecule has 2 aromatic rings. The van der Waals surface area contributed by atoms with Gasteiger partial charge in [-0.1, -0.05) is 95.2 Å². The summed E-state index contributed by atoms with van der Waals surface area (Å²) < 4.78 is 0. The van der Waals surface area contributed by atoms with Crippen molar-refractivity contribution >= 4 is 0 Å². The summed E-state index contributed by atoms with van der Waals surface area (Å²) in [5, 5.41) is 22.5. The third-order valence-electron chi connectivity index (χ3n) is 7.32. The second kappa shape index (κ2) is 9.60. The molecule has 0 saturated carbocycles.